The molecule has 122 valence electrons. The molecule has 0 saturated carbocycles. The maximum atomic E-state index is 12.3. The third-order valence-electron chi connectivity index (χ3n) is 2.81. The fraction of sp³-hybridized carbons (Fsp3) is 0.429. The van der Waals surface area contributed by atoms with Crippen molar-refractivity contribution in [2.24, 2.45) is 0 Å². The Morgan fingerprint density at radius 2 is 2.00 bits per heavy atom. The highest BCUT2D eigenvalue weighted by Gasteiger charge is 2.16. The first kappa shape index (κ1) is 17.7. The number of amides is 1. The van der Waals surface area contributed by atoms with Crippen LogP contribution >= 0.6 is 0 Å². The zero-order chi connectivity index (χ0) is 16.7. The van der Waals surface area contributed by atoms with Crippen molar-refractivity contribution in [2.75, 3.05) is 7.11 Å². The molecule has 0 aliphatic rings. The lowest BCUT2D eigenvalue weighted by molar-refractivity contribution is -0.137. The van der Waals surface area contributed by atoms with Gasteiger partial charge in [0.1, 0.15) is 0 Å². The molecule has 0 fully saturated rings. The highest BCUT2D eigenvalue weighted by atomic mass is 19.3. The van der Waals surface area contributed by atoms with Gasteiger partial charge in [-0.3, -0.25) is 9.59 Å². The Hall–Kier alpha value is -2.38. The fourth-order valence-electron chi connectivity index (χ4n) is 1.73. The van der Waals surface area contributed by atoms with Crippen LogP contribution in [0.25, 0.3) is 0 Å². The van der Waals surface area contributed by atoms with Gasteiger partial charge in [0.2, 0.25) is 0 Å². The number of hydrogen-bond donors (Lipinski definition) is 2. The number of methoxy groups -OCH3 is 1. The number of carboxylic acid groups (broad SMARTS) is 1. The van der Waals surface area contributed by atoms with Gasteiger partial charge in [0.15, 0.2) is 11.5 Å². The molecule has 0 heterocycles. The van der Waals surface area contributed by atoms with Gasteiger partial charge in [0, 0.05) is 18.0 Å². The van der Waals surface area contributed by atoms with Crippen molar-refractivity contribution in [1.82, 2.24) is 5.32 Å². The third kappa shape index (κ3) is 5.55. The number of benzene rings is 1. The molecular weight excluding hydrogens is 300 g/mol. The molecule has 0 spiro atoms. The number of carbonyl (C=O) groups is 2. The summed E-state index contributed by atoms with van der Waals surface area (Å²) < 4.78 is 33.8. The van der Waals surface area contributed by atoms with Crippen LogP contribution in [-0.4, -0.2) is 36.7 Å². The number of halogens is 2. The molecule has 1 atom stereocenters. The summed E-state index contributed by atoms with van der Waals surface area (Å²) in [4.78, 5) is 22.5. The van der Waals surface area contributed by atoms with Crippen molar-refractivity contribution >= 4 is 11.9 Å². The highest BCUT2D eigenvalue weighted by molar-refractivity contribution is 5.95. The molecular formula is C14H17F2NO5. The van der Waals surface area contributed by atoms with Crippen molar-refractivity contribution in [3.8, 4) is 11.5 Å². The summed E-state index contributed by atoms with van der Waals surface area (Å²) in [6.45, 7) is -1.39. The molecule has 0 aromatic heterocycles. The average Bonchev–Trinajstić information content (AvgIpc) is 2.44. The van der Waals surface area contributed by atoms with E-state index in [2.05, 4.69) is 10.1 Å². The van der Waals surface area contributed by atoms with Gasteiger partial charge in [-0.15, -0.1) is 0 Å². The van der Waals surface area contributed by atoms with Crippen LogP contribution < -0.4 is 14.8 Å². The van der Waals surface area contributed by atoms with E-state index in [1.807, 2.05) is 0 Å². The van der Waals surface area contributed by atoms with E-state index in [9.17, 15) is 18.4 Å². The predicted molar refractivity (Wildman–Crippen MR) is 73.4 cm³/mol. The Balaban J connectivity index is 2.78. The van der Waals surface area contributed by atoms with Crippen molar-refractivity contribution in [3.63, 3.8) is 0 Å². The lowest BCUT2D eigenvalue weighted by Gasteiger charge is -2.14. The maximum Gasteiger partial charge on any atom is 0.387 e. The van der Waals surface area contributed by atoms with Crippen LogP contribution in [-0.2, 0) is 4.79 Å². The molecule has 0 radical (unpaired) electrons. The smallest absolute Gasteiger partial charge is 0.387 e. The Morgan fingerprint density at radius 3 is 2.55 bits per heavy atom. The van der Waals surface area contributed by atoms with Gasteiger partial charge in [-0.25, -0.2) is 0 Å². The number of aliphatic carboxylic acids is 1. The Labute approximate surface area is 126 Å². The Bertz CT molecular complexity index is 536. The van der Waals surface area contributed by atoms with Crippen molar-refractivity contribution < 1.29 is 33.0 Å². The van der Waals surface area contributed by atoms with Gasteiger partial charge in [-0.05, 0) is 31.5 Å². The molecule has 0 bridgehead atoms. The quantitative estimate of drug-likeness (QED) is 0.768. The van der Waals surface area contributed by atoms with E-state index in [1.54, 1.807) is 6.92 Å². The molecule has 1 amide bonds. The highest BCUT2D eigenvalue weighted by Crippen LogP contribution is 2.29. The van der Waals surface area contributed by atoms with Gasteiger partial charge in [-0.1, -0.05) is 0 Å². The topological polar surface area (TPSA) is 84.9 Å². The minimum absolute atomic E-state index is 0.0794. The molecule has 22 heavy (non-hydrogen) atoms. The summed E-state index contributed by atoms with van der Waals surface area (Å²) in [5.74, 6) is -1.64. The number of alkyl halides is 2. The first-order chi connectivity index (χ1) is 10.3. The summed E-state index contributed by atoms with van der Waals surface area (Å²) in [6, 6.07) is 3.51. The van der Waals surface area contributed by atoms with Crippen molar-refractivity contribution in [1.29, 1.82) is 0 Å². The SMILES string of the molecule is COc1ccc(C(=O)NC(C)CCC(=O)O)cc1OC(F)F. The summed E-state index contributed by atoms with van der Waals surface area (Å²) in [5, 5.41) is 11.2. The van der Waals surface area contributed by atoms with Crippen LogP contribution in [0.4, 0.5) is 8.78 Å². The largest absolute Gasteiger partial charge is 0.493 e. The molecule has 1 aromatic carbocycles. The number of nitrogens with one attached hydrogen (secondary N) is 1. The van der Waals surface area contributed by atoms with Crippen molar-refractivity contribution in [2.45, 2.75) is 32.4 Å². The van der Waals surface area contributed by atoms with Gasteiger partial charge >= 0.3 is 12.6 Å². The van der Waals surface area contributed by atoms with Crippen molar-refractivity contribution in [3.05, 3.63) is 23.8 Å². The first-order valence-corrected chi connectivity index (χ1v) is 6.49. The number of carboxylic acids is 1. The van der Waals surface area contributed by atoms with Gasteiger partial charge in [0.25, 0.3) is 5.91 Å². The number of carbonyl (C=O) groups excluding carboxylic acids is 1. The number of ether oxygens (including phenoxy) is 2. The van der Waals surface area contributed by atoms with Crippen LogP contribution in [0.5, 0.6) is 11.5 Å². The van der Waals surface area contributed by atoms with Gasteiger partial charge < -0.3 is 19.9 Å². The molecule has 8 heteroatoms. The molecule has 1 aromatic rings. The molecule has 0 aliphatic carbocycles. The predicted octanol–water partition coefficient (Wildman–Crippen LogP) is 2.28. The lowest BCUT2D eigenvalue weighted by atomic mass is 10.1. The Morgan fingerprint density at radius 1 is 1.32 bits per heavy atom. The molecule has 1 unspecified atom stereocenters. The average molecular weight is 317 g/mol. The fourth-order valence-corrected chi connectivity index (χ4v) is 1.73. The van der Waals surface area contributed by atoms with Gasteiger partial charge in [-0.2, -0.15) is 8.78 Å². The van der Waals surface area contributed by atoms with Crippen LogP contribution in [0.15, 0.2) is 18.2 Å². The zero-order valence-corrected chi connectivity index (χ0v) is 12.1. The second-order valence-corrected chi connectivity index (χ2v) is 4.55. The molecule has 2 N–H and O–H groups in total. The summed E-state index contributed by atoms with van der Waals surface area (Å²) in [7, 11) is 1.29. The zero-order valence-electron chi connectivity index (χ0n) is 12.1. The molecule has 0 aliphatic heterocycles. The second kappa shape index (κ2) is 8.16. The van der Waals surface area contributed by atoms with E-state index < -0.39 is 18.5 Å². The normalized spacial score (nSPS) is 11.9. The summed E-state index contributed by atoms with van der Waals surface area (Å²) in [5.41, 5.74) is 0.110. The summed E-state index contributed by atoms with van der Waals surface area (Å²) in [6.07, 6.45) is 0.182. The number of hydrogen-bond acceptors (Lipinski definition) is 4. The molecule has 0 saturated heterocycles. The van der Waals surface area contributed by atoms with E-state index in [1.165, 1.54) is 19.2 Å². The van der Waals surface area contributed by atoms with E-state index >= 15 is 0 Å². The Kier molecular flexibility index (Phi) is 6.55. The maximum absolute atomic E-state index is 12.3. The lowest BCUT2D eigenvalue weighted by Crippen LogP contribution is -2.32. The molecule has 6 nitrogen and oxygen atoms in total. The van der Waals surface area contributed by atoms with E-state index in [4.69, 9.17) is 9.84 Å². The monoisotopic (exact) mass is 317 g/mol. The minimum Gasteiger partial charge on any atom is -0.493 e. The van der Waals surface area contributed by atoms with E-state index in [0.29, 0.717) is 0 Å². The van der Waals surface area contributed by atoms with Crippen LogP contribution in [0.1, 0.15) is 30.1 Å². The number of rotatable bonds is 8. The minimum atomic E-state index is -3.04. The second-order valence-electron chi connectivity index (χ2n) is 4.55. The van der Waals surface area contributed by atoms with E-state index in [-0.39, 0.29) is 35.9 Å². The summed E-state index contributed by atoms with van der Waals surface area (Å²) >= 11 is 0. The third-order valence-corrected chi connectivity index (χ3v) is 2.81. The van der Waals surface area contributed by atoms with Crippen LogP contribution in [0, 0.1) is 0 Å². The standard InChI is InChI=1S/C14H17F2NO5/c1-8(3-6-12(18)19)17-13(20)9-4-5-10(21-2)11(7-9)22-14(15)16/h4-5,7-8,14H,3,6H2,1-2H3,(H,17,20)(H,18,19). The van der Waals surface area contributed by atoms with Crippen LogP contribution in [0.2, 0.25) is 0 Å². The molecule has 1 rings (SSSR count). The first-order valence-electron chi connectivity index (χ1n) is 6.49. The van der Waals surface area contributed by atoms with E-state index in [0.717, 1.165) is 6.07 Å². The van der Waals surface area contributed by atoms with Crippen LogP contribution in [0.3, 0.4) is 0 Å². The van der Waals surface area contributed by atoms with Gasteiger partial charge in [0.05, 0.1) is 7.11 Å².